The van der Waals surface area contributed by atoms with Gasteiger partial charge >= 0.3 is 0 Å². The Morgan fingerprint density at radius 1 is 1.33 bits per heavy atom. The van der Waals surface area contributed by atoms with Crippen LogP contribution in [0, 0.1) is 17.3 Å². The van der Waals surface area contributed by atoms with Gasteiger partial charge in [0.2, 0.25) is 5.91 Å². The van der Waals surface area contributed by atoms with Crippen LogP contribution in [0.5, 0.6) is 0 Å². The molecule has 1 aromatic rings. The van der Waals surface area contributed by atoms with Gasteiger partial charge in [-0.3, -0.25) is 4.79 Å². The maximum atomic E-state index is 12.3. The van der Waals surface area contributed by atoms with Gasteiger partial charge in [0, 0.05) is 17.0 Å². The van der Waals surface area contributed by atoms with E-state index >= 15 is 0 Å². The maximum Gasteiger partial charge on any atom is 0.234 e. The summed E-state index contributed by atoms with van der Waals surface area (Å²) in [4.78, 5) is 13.6. The number of hydrogen-bond acceptors (Lipinski definition) is 3. The predicted molar refractivity (Wildman–Crippen MR) is 87.2 cm³/mol. The van der Waals surface area contributed by atoms with E-state index in [-0.39, 0.29) is 16.9 Å². The van der Waals surface area contributed by atoms with Crippen LogP contribution in [0.4, 0.5) is 0 Å². The topological polar surface area (TPSA) is 41.1 Å². The number of amides is 1. The lowest BCUT2D eigenvalue weighted by Gasteiger charge is -2.48. The molecule has 1 heterocycles. The smallest absolute Gasteiger partial charge is 0.234 e. The molecule has 0 spiro atoms. The fraction of sp³-hybridized carbons (Fsp3) is 0.706. The van der Waals surface area contributed by atoms with Crippen LogP contribution in [0.3, 0.4) is 0 Å². The quantitative estimate of drug-likeness (QED) is 0.877. The molecule has 0 aliphatic heterocycles. The largest absolute Gasteiger partial charge is 0.349 e. The summed E-state index contributed by atoms with van der Waals surface area (Å²) in [5, 5.41) is 8.67. The first kappa shape index (κ1) is 15.0. The number of nitrogens with one attached hydrogen (secondary N) is 2. The molecule has 3 nitrogen and oxygen atoms in total. The Morgan fingerprint density at radius 2 is 2.10 bits per heavy atom. The zero-order valence-corrected chi connectivity index (χ0v) is 14.1. The van der Waals surface area contributed by atoms with E-state index in [1.54, 1.807) is 11.3 Å². The molecule has 3 atom stereocenters. The Bertz CT molecular complexity index is 511. The summed E-state index contributed by atoms with van der Waals surface area (Å²) in [6.07, 6.45) is 3.89. The number of thiophene rings is 1. The van der Waals surface area contributed by atoms with Gasteiger partial charge in [-0.15, -0.1) is 11.3 Å². The summed E-state index contributed by atoms with van der Waals surface area (Å²) in [5.41, 5.74) is 0.164. The molecule has 3 rings (SSSR count). The van der Waals surface area contributed by atoms with E-state index < -0.39 is 0 Å². The number of carbonyl (C=O) groups is 1. The summed E-state index contributed by atoms with van der Waals surface area (Å²) in [7, 11) is 0. The molecule has 2 saturated carbocycles. The molecule has 0 aromatic carbocycles. The standard InChI is InChI=1S/C17H26N2OS/c1-16(2)12-6-7-13(9-12)17(16,3)19-15(20)11-18-10-14-5-4-8-21-14/h4-5,8,12-13,18H,6-7,9-11H2,1-3H3,(H,19,20)/t12-,13-,17-/m1/s1. The van der Waals surface area contributed by atoms with Crippen molar-refractivity contribution in [3.63, 3.8) is 0 Å². The van der Waals surface area contributed by atoms with Gasteiger partial charge < -0.3 is 10.6 Å². The zero-order chi connectivity index (χ0) is 15.1. The van der Waals surface area contributed by atoms with Crippen molar-refractivity contribution in [2.45, 2.75) is 52.1 Å². The van der Waals surface area contributed by atoms with E-state index in [1.807, 2.05) is 6.07 Å². The Labute approximate surface area is 131 Å². The molecule has 116 valence electrons. The number of fused-ring (bicyclic) bond motifs is 2. The molecule has 2 aliphatic rings. The molecule has 1 amide bonds. The molecule has 0 unspecified atom stereocenters. The molecule has 2 bridgehead atoms. The van der Waals surface area contributed by atoms with Crippen LogP contribution in [0.1, 0.15) is 44.9 Å². The fourth-order valence-corrected chi connectivity index (χ4v) is 5.10. The first-order chi connectivity index (χ1) is 9.93. The molecule has 2 N–H and O–H groups in total. The highest BCUT2D eigenvalue weighted by atomic mass is 32.1. The second-order valence-electron chi connectivity index (χ2n) is 7.36. The maximum absolute atomic E-state index is 12.3. The van der Waals surface area contributed by atoms with Gasteiger partial charge in [-0.25, -0.2) is 0 Å². The molecule has 0 radical (unpaired) electrons. The minimum absolute atomic E-state index is 0.0440. The van der Waals surface area contributed by atoms with Crippen molar-refractivity contribution >= 4 is 17.2 Å². The van der Waals surface area contributed by atoms with Crippen LogP contribution in [0.2, 0.25) is 0 Å². The normalized spacial score (nSPS) is 33.3. The number of hydrogen-bond donors (Lipinski definition) is 2. The first-order valence-corrected chi connectivity index (χ1v) is 8.85. The average molecular weight is 306 g/mol. The van der Waals surface area contributed by atoms with Crippen molar-refractivity contribution in [1.29, 1.82) is 0 Å². The lowest BCUT2D eigenvalue weighted by atomic mass is 9.64. The predicted octanol–water partition coefficient (Wildman–Crippen LogP) is 3.17. The molecule has 4 heteroatoms. The Kier molecular flexibility index (Phi) is 3.87. The highest BCUT2D eigenvalue weighted by molar-refractivity contribution is 7.09. The van der Waals surface area contributed by atoms with Gasteiger partial charge in [0.15, 0.2) is 0 Å². The van der Waals surface area contributed by atoms with Crippen LogP contribution in [-0.2, 0) is 11.3 Å². The second-order valence-corrected chi connectivity index (χ2v) is 8.39. The molecular formula is C17H26N2OS. The summed E-state index contributed by atoms with van der Waals surface area (Å²) in [5.74, 6) is 1.56. The summed E-state index contributed by atoms with van der Waals surface area (Å²) in [6.45, 7) is 8.10. The zero-order valence-electron chi connectivity index (χ0n) is 13.2. The monoisotopic (exact) mass is 306 g/mol. The highest BCUT2D eigenvalue weighted by Crippen LogP contribution is 2.61. The Hall–Kier alpha value is -0.870. The van der Waals surface area contributed by atoms with Gasteiger partial charge in [-0.1, -0.05) is 19.9 Å². The minimum atomic E-state index is -0.0440. The first-order valence-electron chi connectivity index (χ1n) is 7.97. The van der Waals surface area contributed by atoms with Gasteiger partial charge in [-0.2, -0.15) is 0 Å². The Morgan fingerprint density at radius 3 is 2.71 bits per heavy atom. The third kappa shape index (κ3) is 2.53. The van der Waals surface area contributed by atoms with Gasteiger partial charge in [0.05, 0.1) is 6.54 Å². The van der Waals surface area contributed by atoms with E-state index in [0.29, 0.717) is 12.5 Å². The summed E-state index contributed by atoms with van der Waals surface area (Å²) in [6, 6.07) is 4.14. The minimum Gasteiger partial charge on any atom is -0.349 e. The van der Waals surface area contributed by atoms with E-state index in [9.17, 15) is 4.79 Å². The molecule has 21 heavy (non-hydrogen) atoms. The van der Waals surface area contributed by atoms with E-state index in [0.717, 1.165) is 12.5 Å². The lowest BCUT2D eigenvalue weighted by Crippen LogP contribution is -2.60. The van der Waals surface area contributed by atoms with E-state index in [4.69, 9.17) is 0 Å². The average Bonchev–Trinajstić information content (AvgIpc) is 3.11. The lowest BCUT2D eigenvalue weighted by molar-refractivity contribution is -0.124. The number of carbonyl (C=O) groups excluding carboxylic acids is 1. The van der Waals surface area contributed by atoms with E-state index in [2.05, 4.69) is 42.9 Å². The summed E-state index contributed by atoms with van der Waals surface area (Å²) >= 11 is 1.72. The van der Waals surface area contributed by atoms with Crippen LogP contribution >= 0.6 is 11.3 Å². The van der Waals surface area contributed by atoms with Crippen molar-refractivity contribution in [1.82, 2.24) is 10.6 Å². The van der Waals surface area contributed by atoms with Gasteiger partial charge in [0.1, 0.15) is 0 Å². The van der Waals surface area contributed by atoms with Crippen LogP contribution in [0.25, 0.3) is 0 Å². The molecule has 0 saturated heterocycles. The van der Waals surface area contributed by atoms with Crippen molar-refractivity contribution in [3.05, 3.63) is 22.4 Å². The van der Waals surface area contributed by atoms with Crippen LogP contribution in [0.15, 0.2) is 17.5 Å². The summed E-state index contributed by atoms with van der Waals surface area (Å²) < 4.78 is 0. The van der Waals surface area contributed by atoms with Crippen molar-refractivity contribution in [3.8, 4) is 0 Å². The second kappa shape index (κ2) is 5.40. The molecule has 2 fully saturated rings. The Balaban J connectivity index is 1.54. The molecule has 2 aliphatic carbocycles. The number of rotatable bonds is 5. The van der Waals surface area contributed by atoms with E-state index in [1.165, 1.54) is 24.1 Å². The van der Waals surface area contributed by atoms with Crippen molar-refractivity contribution in [2.24, 2.45) is 17.3 Å². The van der Waals surface area contributed by atoms with Gasteiger partial charge in [0.25, 0.3) is 0 Å². The molecule has 1 aromatic heterocycles. The van der Waals surface area contributed by atoms with Crippen molar-refractivity contribution < 1.29 is 4.79 Å². The SMILES string of the molecule is CC1(C)[C@@H]2CC[C@H](C2)[C@@]1(C)NC(=O)CNCc1cccs1. The molecular weight excluding hydrogens is 280 g/mol. The third-order valence-corrected chi connectivity index (χ3v) is 7.05. The highest BCUT2D eigenvalue weighted by Gasteiger charge is 2.60. The van der Waals surface area contributed by atoms with Crippen LogP contribution < -0.4 is 10.6 Å². The third-order valence-electron chi connectivity index (χ3n) is 6.17. The fourth-order valence-electron chi connectivity index (χ4n) is 4.42. The van der Waals surface area contributed by atoms with Crippen LogP contribution in [-0.4, -0.2) is 18.0 Å². The van der Waals surface area contributed by atoms with Crippen molar-refractivity contribution in [2.75, 3.05) is 6.54 Å². The van der Waals surface area contributed by atoms with Gasteiger partial charge in [-0.05, 0) is 54.9 Å².